The number of nitrogens with one attached hydrogen (secondary N) is 2. The summed E-state index contributed by atoms with van der Waals surface area (Å²) in [5, 5.41) is 9.46. The van der Waals surface area contributed by atoms with Gasteiger partial charge in [-0.15, -0.1) is 0 Å². The molecule has 0 fully saturated rings. The number of fused-ring (bicyclic) bond motifs is 1. The van der Waals surface area contributed by atoms with Gasteiger partial charge in [0.25, 0.3) is 5.56 Å². The Bertz CT molecular complexity index is 651. The van der Waals surface area contributed by atoms with Gasteiger partial charge < -0.3 is 20.8 Å². The summed E-state index contributed by atoms with van der Waals surface area (Å²) in [5.41, 5.74) is 6.77. The molecule has 0 spiro atoms. The molecule has 0 amide bonds. The molecule has 0 aromatic carbocycles. The first-order chi connectivity index (χ1) is 7.43. The van der Waals surface area contributed by atoms with Crippen molar-refractivity contribution in [2.75, 3.05) is 5.73 Å². The van der Waals surface area contributed by atoms with Crippen LogP contribution in [0, 0.1) is 13.8 Å². The highest BCUT2D eigenvalue weighted by atomic mass is 16.4. The molecule has 0 saturated carbocycles. The summed E-state index contributed by atoms with van der Waals surface area (Å²) in [4.78, 5) is 27.8. The normalized spacial score (nSPS) is 10.9. The minimum Gasteiger partial charge on any atom is -0.477 e. The summed E-state index contributed by atoms with van der Waals surface area (Å²) in [7, 11) is 0. The van der Waals surface area contributed by atoms with Crippen LogP contribution in [0.4, 0.5) is 5.69 Å². The SMILES string of the molecule is Cc1[nH]c2[nH]c(=O)c(C(=O)O)c(N)c2c1C. The number of aromatic amines is 2. The van der Waals surface area contributed by atoms with Crippen LogP contribution >= 0.6 is 0 Å². The summed E-state index contributed by atoms with van der Waals surface area (Å²) < 4.78 is 0. The van der Waals surface area contributed by atoms with Crippen LogP contribution in [-0.2, 0) is 0 Å². The maximum atomic E-state index is 11.5. The highest BCUT2D eigenvalue weighted by Crippen LogP contribution is 2.26. The van der Waals surface area contributed by atoms with Crippen LogP contribution in [0.2, 0.25) is 0 Å². The lowest BCUT2D eigenvalue weighted by Crippen LogP contribution is -2.20. The molecule has 0 unspecified atom stereocenters. The second-order valence-electron chi connectivity index (χ2n) is 3.67. The van der Waals surface area contributed by atoms with Gasteiger partial charge in [0.15, 0.2) is 0 Å². The summed E-state index contributed by atoms with van der Waals surface area (Å²) >= 11 is 0. The number of anilines is 1. The van der Waals surface area contributed by atoms with Crippen LogP contribution in [0.25, 0.3) is 11.0 Å². The Morgan fingerprint density at radius 1 is 1.31 bits per heavy atom. The first-order valence-electron chi connectivity index (χ1n) is 4.67. The highest BCUT2D eigenvalue weighted by molar-refractivity contribution is 6.04. The van der Waals surface area contributed by atoms with E-state index in [4.69, 9.17) is 10.8 Å². The van der Waals surface area contributed by atoms with Gasteiger partial charge in [-0.2, -0.15) is 0 Å². The van der Waals surface area contributed by atoms with Crippen molar-refractivity contribution in [2.24, 2.45) is 0 Å². The van der Waals surface area contributed by atoms with Crippen LogP contribution < -0.4 is 11.3 Å². The third-order valence-corrected chi connectivity index (χ3v) is 2.72. The quantitative estimate of drug-likeness (QED) is 0.569. The molecule has 0 aliphatic heterocycles. The zero-order valence-corrected chi connectivity index (χ0v) is 8.84. The Kier molecular flexibility index (Phi) is 2.01. The van der Waals surface area contributed by atoms with E-state index in [1.54, 1.807) is 0 Å². The van der Waals surface area contributed by atoms with Gasteiger partial charge in [0.05, 0.1) is 5.69 Å². The van der Waals surface area contributed by atoms with E-state index in [-0.39, 0.29) is 5.69 Å². The zero-order chi connectivity index (χ0) is 12.0. The van der Waals surface area contributed by atoms with Crippen molar-refractivity contribution in [3.8, 4) is 0 Å². The van der Waals surface area contributed by atoms with E-state index in [1.165, 1.54) is 0 Å². The van der Waals surface area contributed by atoms with E-state index in [0.29, 0.717) is 11.0 Å². The largest absolute Gasteiger partial charge is 0.477 e. The first kappa shape index (κ1) is 10.3. The fourth-order valence-corrected chi connectivity index (χ4v) is 1.78. The third-order valence-electron chi connectivity index (χ3n) is 2.72. The number of H-pyrrole nitrogens is 2. The molecule has 16 heavy (non-hydrogen) atoms. The van der Waals surface area contributed by atoms with Gasteiger partial charge in [-0.05, 0) is 19.4 Å². The number of rotatable bonds is 1. The molecule has 84 valence electrons. The molecule has 0 saturated heterocycles. The number of carboxylic acid groups (broad SMARTS) is 1. The number of nitrogens with two attached hydrogens (primary N) is 1. The van der Waals surface area contributed by atoms with E-state index in [0.717, 1.165) is 11.3 Å². The number of aromatic carboxylic acids is 1. The van der Waals surface area contributed by atoms with E-state index in [9.17, 15) is 9.59 Å². The van der Waals surface area contributed by atoms with Crippen LogP contribution in [0.5, 0.6) is 0 Å². The fourth-order valence-electron chi connectivity index (χ4n) is 1.78. The maximum absolute atomic E-state index is 11.5. The Morgan fingerprint density at radius 3 is 2.50 bits per heavy atom. The van der Waals surface area contributed by atoms with Gasteiger partial charge in [-0.25, -0.2) is 4.79 Å². The molecule has 0 radical (unpaired) electrons. The predicted molar refractivity (Wildman–Crippen MR) is 59.8 cm³/mol. The van der Waals surface area contributed by atoms with Gasteiger partial charge in [0.2, 0.25) is 0 Å². The van der Waals surface area contributed by atoms with Crippen molar-refractivity contribution in [1.82, 2.24) is 9.97 Å². The molecule has 6 nitrogen and oxygen atoms in total. The summed E-state index contributed by atoms with van der Waals surface area (Å²) in [5.74, 6) is -1.32. The Labute approximate surface area is 90.1 Å². The maximum Gasteiger partial charge on any atom is 0.343 e. The smallest absolute Gasteiger partial charge is 0.343 e. The van der Waals surface area contributed by atoms with Crippen molar-refractivity contribution in [3.63, 3.8) is 0 Å². The number of pyridine rings is 1. The van der Waals surface area contributed by atoms with Crippen molar-refractivity contribution >= 4 is 22.7 Å². The summed E-state index contributed by atoms with van der Waals surface area (Å²) in [6, 6.07) is 0. The van der Waals surface area contributed by atoms with Crippen LogP contribution in [0.1, 0.15) is 21.6 Å². The Morgan fingerprint density at radius 2 is 1.94 bits per heavy atom. The molecule has 0 aliphatic carbocycles. The Balaban J connectivity index is 3.02. The van der Waals surface area contributed by atoms with Crippen molar-refractivity contribution in [1.29, 1.82) is 0 Å². The molecule has 0 aliphatic rings. The topological polar surface area (TPSA) is 112 Å². The minimum atomic E-state index is -1.32. The predicted octanol–water partition coefficient (Wildman–Crippen LogP) is 0.753. The van der Waals surface area contributed by atoms with E-state index in [1.807, 2.05) is 13.8 Å². The molecule has 0 bridgehead atoms. The monoisotopic (exact) mass is 221 g/mol. The van der Waals surface area contributed by atoms with Gasteiger partial charge in [-0.1, -0.05) is 0 Å². The molecule has 2 aromatic heterocycles. The Hall–Kier alpha value is -2.24. The van der Waals surface area contributed by atoms with Crippen LogP contribution in [0.3, 0.4) is 0 Å². The van der Waals surface area contributed by atoms with Gasteiger partial charge >= 0.3 is 5.97 Å². The minimum absolute atomic E-state index is 0.00750. The zero-order valence-electron chi connectivity index (χ0n) is 8.84. The van der Waals surface area contributed by atoms with E-state index < -0.39 is 17.1 Å². The number of carboxylic acids is 1. The number of hydrogen-bond acceptors (Lipinski definition) is 3. The molecule has 6 heteroatoms. The lowest BCUT2D eigenvalue weighted by Gasteiger charge is -2.02. The molecular weight excluding hydrogens is 210 g/mol. The highest BCUT2D eigenvalue weighted by Gasteiger charge is 2.19. The number of nitrogen functional groups attached to an aromatic ring is 1. The average molecular weight is 221 g/mol. The molecule has 5 N–H and O–H groups in total. The van der Waals surface area contributed by atoms with Crippen LogP contribution in [0.15, 0.2) is 4.79 Å². The number of aromatic nitrogens is 2. The molecule has 2 heterocycles. The molecule has 0 atom stereocenters. The lowest BCUT2D eigenvalue weighted by molar-refractivity contribution is 0.0696. The standard InChI is InChI=1S/C10H11N3O3/c1-3-4(2)12-8-5(3)7(11)6(10(15)16)9(14)13-8/h1-2H3,(H,15,16)(H4,11,12,13,14). The summed E-state index contributed by atoms with van der Waals surface area (Å²) in [6.07, 6.45) is 0. The molecular formula is C10H11N3O3. The molecule has 2 aromatic rings. The third kappa shape index (κ3) is 1.19. The van der Waals surface area contributed by atoms with E-state index >= 15 is 0 Å². The van der Waals surface area contributed by atoms with Crippen LogP contribution in [-0.4, -0.2) is 21.0 Å². The van der Waals surface area contributed by atoms with Gasteiger partial charge in [0, 0.05) is 11.1 Å². The fraction of sp³-hybridized carbons (Fsp3) is 0.200. The second kappa shape index (κ2) is 3.13. The van der Waals surface area contributed by atoms with Gasteiger partial charge in [0.1, 0.15) is 11.2 Å². The van der Waals surface area contributed by atoms with Crippen molar-refractivity contribution in [3.05, 3.63) is 27.2 Å². The van der Waals surface area contributed by atoms with Gasteiger partial charge in [-0.3, -0.25) is 4.79 Å². The van der Waals surface area contributed by atoms with Crippen molar-refractivity contribution < 1.29 is 9.90 Å². The van der Waals surface area contributed by atoms with Crippen molar-refractivity contribution in [2.45, 2.75) is 13.8 Å². The number of hydrogen-bond donors (Lipinski definition) is 4. The first-order valence-corrected chi connectivity index (χ1v) is 4.67. The molecule has 2 rings (SSSR count). The lowest BCUT2D eigenvalue weighted by atomic mass is 10.1. The second-order valence-corrected chi connectivity index (χ2v) is 3.67. The average Bonchev–Trinajstić information content (AvgIpc) is 2.41. The van der Waals surface area contributed by atoms with E-state index in [2.05, 4.69) is 9.97 Å². The number of aryl methyl sites for hydroxylation is 2. The number of carbonyl (C=O) groups is 1. The summed E-state index contributed by atoms with van der Waals surface area (Å²) in [6.45, 7) is 3.64.